The van der Waals surface area contributed by atoms with E-state index in [9.17, 15) is 4.39 Å². The van der Waals surface area contributed by atoms with Gasteiger partial charge in [0.2, 0.25) is 0 Å². The maximum absolute atomic E-state index is 12.8. The maximum atomic E-state index is 12.8. The molecular weight excluding hydrogens is 273 g/mol. The molecule has 0 N–H and O–H groups in total. The van der Waals surface area contributed by atoms with Crippen molar-refractivity contribution in [3.63, 3.8) is 0 Å². The lowest BCUT2D eigenvalue weighted by Gasteiger charge is -2.38. The number of hydrogen-bond acceptors (Lipinski definition) is 1. The molecule has 124 valence electrons. The second-order valence-electron chi connectivity index (χ2n) is 7.59. The zero-order chi connectivity index (χ0) is 15.8. The summed E-state index contributed by atoms with van der Waals surface area (Å²) in [6.07, 6.45) is 17.3. The van der Waals surface area contributed by atoms with Crippen LogP contribution in [0.2, 0.25) is 0 Å². The van der Waals surface area contributed by atoms with Crippen LogP contribution < -0.4 is 0 Å². The first kappa shape index (κ1) is 17.5. The van der Waals surface area contributed by atoms with Gasteiger partial charge in [0.15, 0.2) is 5.83 Å². The smallest absolute Gasteiger partial charge is 0.195 e. The lowest BCUT2D eigenvalue weighted by Crippen LogP contribution is -2.25. The molecule has 0 bridgehead atoms. The number of halogens is 1. The fourth-order valence-corrected chi connectivity index (χ4v) is 4.80. The molecule has 0 atom stereocenters. The van der Waals surface area contributed by atoms with E-state index in [1.165, 1.54) is 70.3 Å². The summed E-state index contributed by atoms with van der Waals surface area (Å²) in [7, 11) is 0. The Hall–Kier alpha value is -0.840. The Morgan fingerprint density at radius 1 is 0.955 bits per heavy atom. The molecule has 0 saturated heterocycles. The minimum atomic E-state index is -0.613. The Bertz CT molecular complexity index is 379. The second kappa shape index (κ2) is 9.33. The van der Waals surface area contributed by atoms with E-state index < -0.39 is 5.83 Å². The van der Waals surface area contributed by atoms with E-state index >= 15 is 0 Å². The van der Waals surface area contributed by atoms with Crippen LogP contribution in [-0.4, -0.2) is 0 Å². The summed E-state index contributed by atoms with van der Waals surface area (Å²) in [4.78, 5) is 0. The van der Waals surface area contributed by atoms with Gasteiger partial charge in [-0.15, -0.1) is 0 Å². The van der Waals surface area contributed by atoms with Crippen molar-refractivity contribution >= 4 is 0 Å². The van der Waals surface area contributed by atoms with Crippen LogP contribution in [0.3, 0.4) is 0 Å². The van der Waals surface area contributed by atoms with Crippen molar-refractivity contribution in [2.24, 2.45) is 23.7 Å². The second-order valence-corrected chi connectivity index (χ2v) is 7.59. The quantitative estimate of drug-likeness (QED) is 0.510. The molecule has 0 aromatic carbocycles. The third kappa shape index (κ3) is 5.41. The van der Waals surface area contributed by atoms with Gasteiger partial charge in [-0.2, -0.15) is 9.65 Å². The summed E-state index contributed by atoms with van der Waals surface area (Å²) in [5.74, 6) is 3.11. The minimum absolute atomic E-state index is 0.613. The monoisotopic (exact) mass is 305 g/mol. The van der Waals surface area contributed by atoms with Crippen molar-refractivity contribution in [2.45, 2.75) is 84.0 Å². The number of allylic oxidation sites excluding steroid dienone is 2. The van der Waals surface area contributed by atoms with Gasteiger partial charge in [0, 0.05) is 0 Å². The maximum Gasteiger partial charge on any atom is 0.196 e. The van der Waals surface area contributed by atoms with Gasteiger partial charge in [-0.25, -0.2) is 0 Å². The number of rotatable bonds is 6. The molecule has 2 aliphatic carbocycles. The van der Waals surface area contributed by atoms with Crippen molar-refractivity contribution in [1.82, 2.24) is 0 Å². The van der Waals surface area contributed by atoms with Crippen molar-refractivity contribution in [2.75, 3.05) is 0 Å². The van der Waals surface area contributed by atoms with Gasteiger partial charge < -0.3 is 0 Å². The highest BCUT2D eigenvalue weighted by molar-refractivity contribution is 5.11. The van der Waals surface area contributed by atoms with E-state index in [-0.39, 0.29) is 0 Å². The van der Waals surface area contributed by atoms with Gasteiger partial charge in [0.25, 0.3) is 0 Å². The SMILES string of the molecule is CCC[C@H]1CC[C@H](C2CCC(CC/C=C(\F)C#N)CC2)CC1. The predicted molar refractivity (Wildman–Crippen MR) is 89.8 cm³/mol. The highest BCUT2D eigenvalue weighted by Gasteiger charge is 2.30. The molecule has 0 aliphatic heterocycles. The summed E-state index contributed by atoms with van der Waals surface area (Å²) in [5, 5.41) is 8.41. The molecule has 0 aromatic rings. The molecule has 0 unspecified atom stereocenters. The van der Waals surface area contributed by atoms with Crippen LogP contribution >= 0.6 is 0 Å². The van der Waals surface area contributed by atoms with Gasteiger partial charge in [-0.1, -0.05) is 45.4 Å². The molecule has 0 radical (unpaired) electrons. The lowest BCUT2D eigenvalue weighted by molar-refractivity contribution is 0.141. The van der Waals surface area contributed by atoms with Crippen LogP contribution in [-0.2, 0) is 0 Å². The predicted octanol–water partition coefficient (Wildman–Crippen LogP) is 6.56. The average Bonchev–Trinajstić information content (AvgIpc) is 2.56. The molecule has 22 heavy (non-hydrogen) atoms. The molecule has 0 heterocycles. The first-order valence-electron chi connectivity index (χ1n) is 9.48. The number of nitriles is 1. The number of hydrogen-bond donors (Lipinski definition) is 0. The van der Waals surface area contributed by atoms with Gasteiger partial charge >= 0.3 is 0 Å². The zero-order valence-corrected chi connectivity index (χ0v) is 14.2. The Balaban J connectivity index is 1.64. The highest BCUT2D eigenvalue weighted by Crippen LogP contribution is 2.42. The largest absolute Gasteiger partial charge is 0.196 e. The average molecular weight is 305 g/mol. The van der Waals surface area contributed by atoms with Crippen molar-refractivity contribution in [3.8, 4) is 6.07 Å². The topological polar surface area (TPSA) is 23.8 Å². The summed E-state index contributed by atoms with van der Waals surface area (Å²) in [6.45, 7) is 2.31. The van der Waals surface area contributed by atoms with Crippen LogP contribution in [0.25, 0.3) is 0 Å². The van der Waals surface area contributed by atoms with Crippen molar-refractivity contribution < 1.29 is 4.39 Å². The molecule has 2 heteroatoms. The molecule has 1 nitrogen and oxygen atoms in total. The third-order valence-electron chi connectivity index (χ3n) is 6.15. The normalized spacial score (nSPS) is 33.4. The lowest BCUT2D eigenvalue weighted by atomic mass is 9.68. The summed E-state index contributed by atoms with van der Waals surface area (Å²) in [6, 6.07) is 1.56. The fourth-order valence-electron chi connectivity index (χ4n) is 4.80. The molecule has 2 saturated carbocycles. The van der Waals surface area contributed by atoms with Gasteiger partial charge in [-0.05, 0) is 68.3 Å². The highest BCUT2D eigenvalue weighted by atomic mass is 19.1. The molecule has 2 rings (SSSR count). The molecule has 2 aliphatic rings. The van der Waals surface area contributed by atoms with E-state index in [1.54, 1.807) is 6.07 Å². The Kier molecular flexibility index (Phi) is 7.43. The van der Waals surface area contributed by atoms with E-state index in [0.29, 0.717) is 0 Å². The Morgan fingerprint density at radius 2 is 1.45 bits per heavy atom. The van der Waals surface area contributed by atoms with E-state index in [0.717, 1.165) is 36.5 Å². The van der Waals surface area contributed by atoms with E-state index in [2.05, 4.69) is 6.92 Å². The zero-order valence-electron chi connectivity index (χ0n) is 14.2. The van der Waals surface area contributed by atoms with Gasteiger partial charge in [0.1, 0.15) is 6.07 Å². The Morgan fingerprint density at radius 3 is 1.91 bits per heavy atom. The Labute approximate surface area is 136 Å². The molecule has 2 fully saturated rings. The van der Waals surface area contributed by atoms with Crippen LogP contribution in [0.1, 0.15) is 84.0 Å². The van der Waals surface area contributed by atoms with Crippen molar-refractivity contribution in [1.29, 1.82) is 5.26 Å². The first-order valence-corrected chi connectivity index (χ1v) is 9.48. The van der Waals surface area contributed by atoms with E-state index in [4.69, 9.17) is 5.26 Å². The summed E-state index contributed by atoms with van der Waals surface area (Å²) >= 11 is 0. The molecular formula is C20H32FN. The van der Waals surface area contributed by atoms with Crippen LogP contribution in [0, 0.1) is 35.0 Å². The molecule has 0 aromatic heterocycles. The fraction of sp³-hybridized carbons (Fsp3) is 0.850. The van der Waals surface area contributed by atoms with Gasteiger partial charge in [0.05, 0.1) is 0 Å². The molecule has 0 amide bonds. The molecule has 0 spiro atoms. The summed E-state index contributed by atoms with van der Waals surface area (Å²) in [5.41, 5.74) is 0. The van der Waals surface area contributed by atoms with Gasteiger partial charge in [-0.3, -0.25) is 0 Å². The minimum Gasteiger partial charge on any atom is -0.195 e. The number of nitrogens with zero attached hydrogens (tertiary/aromatic N) is 1. The van der Waals surface area contributed by atoms with E-state index in [1.807, 2.05) is 0 Å². The first-order chi connectivity index (χ1) is 10.7. The van der Waals surface area contributed by atoms with Crippen LogP contribution in [0.15, 0.2) is 11.9 Å². The van der Waals surface area contributed by atoms with Crippen molar-refractivity contribution in [3.05, 3.63) is 11.9 Å². The van der Waals surface area contributed by atoms with Crippen LogP contribution in [0.5, 0.6) is 0 Å². The third-order valence-corrected chi connectivity index (χ3v) is 6.15. The standard InChI is InChI=1S/C20H32FN/c1-2-4-16-7-11-18(12-8-16)19-13-9-17(10-14-19)5-3-6-20(21)15-22/h6,16-19H,2-5,7-14H2,1H3/b20-6-/t16-,17?,18-,19?. The summed E-state index contributed by atoms with van der Waals surface area (Å²) < 4.78 is 12.8. The van der Waals surface area contributed by atoms with Crippen LogP contribution in [0.4, 0.5) is 4.39 Å².